The fraction of sp³-hybridized carbons (Fsp3) is 0.417. The first kappa shape index (κ1) is 13.8. The molecule has 0 amide bonds. The molecule has 1 unspecified atom stereocenters. The van der Waals surface area contributed by atoms with Crippen LogP contribution in [0.15, 0.2) is 18.2 Å². The number of fused-ring (bicyclic) bond motifs is 1. The third-order valence-corrected chi connectivity index (χ3v) is 2.57. The number of para-hydroxylation sites is 1. The van der Waals surface area contributed by atoms with Crippen molar-refractivity contribution in [1.82, 2.24) is 5.32 Å². The first-order valence-corrected chi connectivity index (χ1v) is 5.40. The molecule has 0 saturated carbocycles. The fourth-order valence-corrected chi connectivity index (χ4v) is 1.76. The van der Waals surface area contributed by atoms with Gasteiger partial charge in [-0.2, -0.15) is 0 Å². The van der Waals surface area contributed by atoms with E-state index in [0.717, 1.165) is 6.54 Å². The van der Waals surface area contributed by atoms with Gasteiger partial charge in [-0.05, 0) is 25.6 Å². The number of Topliss-reactive ketones (excluding diaryl/α,β-unsaturated/α-hetero) is 1. The van der Waals surface area contributed by atoms with Gasteiger partial charge in [0.15, 0.2) is 17.3 Å². The summed E-state index contributed by atoms with van der Waals surface area (Å²) in [5.41, 5.74) is 0.587. The van der Waals surface area contributed by atoms with E-state index in [1.54, 1.807) is 18.2 Å². The Labute approximate surface area is 107 Å². The highest BCUT2D eigenvalue weighted by Crippen LogP contribution is 2.35. The number of rotatable bonds is 4. The van der Waals surface area contributed by atoms with Crippen molar-refractivity contribution < 1.29 is 14.3 Å². The normalized spacial score (nSPS) is 14.0. The summed E-state index contributed by atoms with van der Waals surface area (Å²) in [5, 5.41) is 3.09. The lowest BCUT2D eigenvalue weighted by Gasteiger charge is -2.12. The largest absolute Gasteiger partial charge is 0.454 e. The predicted molar refractivity (Wildman–Crippen MR) is 67.3 cm³/mol. The lowest BCUT2D eigenvalue weighted by Crippen LogP contribution is -2.33. The van der Waals surface area contributed by atoms with Gasteiger partial charge in [-0.1, -0.05) is 13.0 Å². The second-order valence-electron chi connectivity index (χ2n) is 3.68. The van der Waals surface area contributed by atoms with Crippen molar-refractivity contribution in [3.05, 3.63) is 23.8 Å². The summed E-state index contributed by atoms with van der Waals surface area (Å²) < 4.78 is 10.5. The Kier molecular flexibility index (Phi) is 4.78. The SMILES string of the molecule is CCNC(C)C(=O)c1cccc2c1OCO2.Cl. The van der Waals surface area contributed by atoms with Gasteiger partial charge in [0.2, 0.25) is 6.79 Å². The summed E-state index contributed by atoms with van der Waals surface area (Å²) in [6.45, 7) is 4.77. The van der Waals surface area contributed by atoms with Gasteiger partial charge in [-0.3, -0.25) is 4.79 Å². The second-order valence-corrected chi connectivity index (χ2v) is 3.68. The monoisotopic (exact) mass is 257 g/mol. The summed E-state index contributed by atoms with van der Waals surface area (Å²) in [5.74, 6) is 1.25. The van der Waals surface area contributed by atoms with Crippen molar-refractivity contribution in [1.29, 1.82) is 0 Å². The van der Waals surface area contributed by atoms with E-state index in [0.29, 0.717) is 17.1 Å². The number of likely N-dealkylation sites (N-methyl/N-ethyl adjacent to an activating group) is 1. The maximum Gasteiger partial charge on any atom is 0.231 e. The van der Waals surface area contributed by atoms with E-state index >= 15 is 0 Å². The number of benzene rings is 1. The molecule has 0 fully saturated rings. The van der Waals surface area contributed by atoms with Crippen LogP contribution in [-0.4, -0.2) is 25.2 Å². The van der Waals surface area contributed by atoms with Crippen LogP contribution in [0.2, 0.25) is 0 Å². The van der Waals surface area contributed by atoms with E-state index in [1.165, 1.54) is 0 Å². The molecule has 0 spiro atoms. The number of ketones is 1. The van der Waals surface area contributed by atoms with Crippen LogP contribution in [0.3, 0.4) is 0 Å². The number of nitrogens with one attached hydrogen (secondary N) is 1. The Hall–Kier alpha value is -1.26. The maximum absolute atomic E-state index is 12.1. The Morgan fingerprint density at radius 3 is 2.94 bits per heavy atom. The number of ether oxygens (including phenoxy) is 2. The number of halogens is 1. The average molecular weight is 258 g/mol. The molecule has 0 aromatic heterocycles. The standard InChI is InChI=1S/C12H15NO3.ClH/c1-3-13-8(2)11(14)9-5-4-6-10-12(9)16-7-15-10;/h4-6,8,13H,3,7H2,1-2H3;1H. The molecule has 1 aliphatic rings. The van der Waals surface area contributed by atoms with Crippen molar-refractivity contribution in [2.24, 2.45) is 0 Å². The van der Waals surface area contributed by atoms with Crippen LogP contribution in [0.1, 0.15) is 24.2 Å². The van der Waals surface area contributed by atoms with Crippen molar-refractivity contribution in [3.8, 4) is 11.5 Å². The third-order valence-electron chi connectivity index (χ3n) is 2.57. The van der Waals surface area contributed by atoms with Crippen LogP contribution in [0.25, 0.3) is 0 Å². The van der Waals surface area contributed by atoms with Gasteiger partial charge in [0.1, 0.15) is 0 Å². The minimum Gasteiger partial charge on any atom is -0.454 e. The zero-order valence-electron chi connectivity index (χ0n) is 9.86. The highest BCUT2D eigenvalue weighted by atomic mass is 35.5. The van der Waals surface area contributed by atoms with Gasteiger partial charge in [0.05, 0.1) is 11.6 Å². The minimum atomic E-state index is -0.208. The van der Waals surface area contributed by atoms with Crippen molar-refractivity contribution in [2.75, 3.05) is 13.3 Å². The molecule has 1 aromatic rings. The molecule has 1 heterocycles. The second kappa shape index (κ2) is 5.89. The molecular weight excluding hydrogens is 242 g/mol. The minimum absolute atomic E-state index is 0. The molecule has 1 atom stereocenters. The Balaban J connectivity index is 0.00000144. The van der Waals surface area contributed by atoms with Crippen LogP contribution in [0, 0.1) is 0 Å². The van der Waals surface area contributed by atoms with Gasteiger partial charge in [0.25, 0.3) is 0 Å². The lowest BCUT2D eigenvalue weighted by atomic mass is 10.0. The zero-order chi connectivity index (χ0) is 11.5. The van der Waals surface area contributed by atoms with Crippen molar-refractivity contribution >= 4 is 18.2 Å². The van der Waals surface area contributed by atoms with Gasteiger partial charge >= 0.3 is 0 Å². The first-order chi connectivity index (χ1) is 7.74. The van der Waals surface area contributed by atoms with Crippen LogP contribution < -0.4 is 14.8 Å². The summed E-state index contributed by atoms with van der Waals surface area (Å²) in [6, 6.07) is 5.17. The Morgan fingerprint density at radius 2 is 2.24 bits per heavy atom. The quantitative estimate of drug-likeness (QED) is 0.839. The summed E-state index contributed by atoms with van der Waals surface area (Å²) in [6.07, 6.45) is 0. The summed E-state index contributed by atoms with van der Waals surface area (Å²) >= 11 is 0. The molecule has 1 aromatic carbocycles. The van der Waals surface area contributed by atoms with E-state index in [9.17, 15) is 4.79 Å². The number of carbonyl (C=O) groups is 1. The number of carbonyl (C=O) groups excluding carboxylic acids is 1. The smallest absolute Gasteiger partial charge is 0.231 e. The van der Waals surface area contributed by atoms with Gasteiger partial charge in [-0.25, -0.2) is 0 Å². The van der Waals surface area contributed by atoms with Crippen LogP contribution in [0.5, 0.6) is 11.5 Å². The highest BCUT2D eigenvalue weighted by molar-refractivity contribution is 6.03. The van der Waals surface area contributed by atoms with Gasteiger partial charge < -0.3 is 14.8 Å². The molecule has 1 N–H and O–H groups in total. The number of hydrogen-bond acceptors (Lipinski definition) is 4. The molecule has 0 saturated heterocycles. The van der Waals surface area contributed by atoms with E-state index in [1.807, 2.05) is 13.8 Å². The number of hydrogen-bond donors (Lipinski definition) is 1. The van der Waals surface area contributed by atoms with E-state index in [2.05, 4.69) is 5.32 Å². The molecule has 0 radical (unpaired) electrons. The topological polar surface area (TPSA) is 47.6 Å². The van der Waals surface area contributed by atoms with E-state index < -0.39 is 0 Å². The molecule has 4 nitrogen and oxygen atoms in total. The summed E-state index contributed by atoms with van der Waals surface area (Å²) in [7, 11) is 0. The van der Waals surface area contributed by atoms with E-state index in [-0.39, 0.29) is 31.0 Å². The van der Waals surface area contributed by atoms with Gasteiger partial charge in [-0.15, -0.1) is 12.4 Å². The predicted octanol–water partition coefficient (Wildman–Crippen LogP) is 2.02. The van der Waals surface area contributed by atoms with Crippen LogP contribution >= 0.6 is 12.4 Å². The van der Waals surface area contributed by atoms with E-state index in [4.69, 9.17) is 9.47 Å². The molecule has 17 heavy (non-hydrogen) atoms. The maximum atomic E-state index is 12.1. The van der Waals surface area contributed by atoms with Crippen LogP contribution in [-0.2, 0) is 0 Å². The van der Waals surface area contributed by atoms with Crippen molar-refractivity contribution in [2.45, 2.75) is 19.9 Å². The van der Waals surface area contributed by atoms with Crippen molar-refractivity contribution in [3.63, 3.8) is 0 Å². The third kappa shape index (κ3) is 2.70. The Morgan fingerprint density at radius 1 is 1.47 bits per heavy atom. The molecular formula is C12H16ClNO3. The highest BCUT2D eigenvalue weighted by Gasteiger charge is 2.24. The average Bonchev–Trinajstić information content (AvgIpc) is 2.76. The molecule has 5 heteroatoms. The Bertz CT molecular complexity index is 409. The zero-order valence-corrected chi connectivity index (χ0v) is 10.7. The fourth-order valence-electron chi connectivity index (χ4n) is 1.76. The van der Waals surface area contributed by atoms with Gasteiger partial charge in [0, 0.05) is 0 Å². The first-order valence-electron chi connectivity index (χ1n) is 5.40. The molecule has 94 valence electrons. The molecule has 0 aliphatic carbocycles. The van der Waals surface area contributed by atoms with Crippen LogP contribution in [0.4, 0.5) is 0 Å². The lowest BCUT2D eigenvalue weighted by molar-refractivity contribution is 0.0947. The molecule has 0 bridgehead atoms. The molecule has 1 aliphatic heterocycles. The molecule has 2 rings (SSSR count). The summed E-state index contributed by atoms with van der Waals surface area (Å²) in [4.78, 5) is 12.1.